The van der Waals surface area contributed by atoms with Gasteiger partial charge in [-0.05, 0) is 18.2 Å². The molecule has 132 valence electrons. The summed E-state index contributed by atoms with van der Waals surface area (Å²) in [5, 5.41) is 15.3. The molecule has 0 fully saturated rings. The van der Waals surface area contributed by atoms with E-state index in [0.717, 1.165) is 12.3 Å². The monoisotopic (exact) mass is 374 g/mol. The number of ether oxygens (including phenoxy) is 1. The molecule has 0 saturated carbocycles. The minimum atomic E-state index is -0.750. The Kier molecular flexibility index (Phi) is 4.55. The van der Waals surface area contributed by atoms with E-state index in [9.17, 15) is 19.7 Å². The highest BCUT2D eigenvalue weighted by atomic mass is 35.5. The van der Waals surface area contributed by atoms with Crippen LogP contribution in [-0.2, 0) is 0 Å². The van der Waals surface area contributed by atoms with Gasteiger partial charge in [0.2, 0.25) is 5.75 Å². The Morgan fingerprint density at radius 3 is 2.73 bits per heavy atom. The first-order valence-electron chi connectivity index (χ1n) is 7.22. The molecule has 0 saturated heterocycles. The molecule has 0 aliphatic carbocycles. The molecule has 26 heavy (non-hydrogen) atoms. The fourth-order valence-corrected chi connectivity index (χ4v) is 2.65. The summed E-state index contributed by atoms with van der Waals surface area (Å²) in [6.07, 6.45) is 1.10. The van der Waals surface area contributed by atoms with Crippen LogP contribution in [-0.4, -0.2) is 27.9 Å². The van der Waals surface area contributed by atoms with Crippen molar-refractivity contribution < 1.29 is 9.66 Å². The molecule has 2 aromatic carbocycles. The molecule has 9 nitrogen and oxygen atoms in total. The van der Waals surface area contributed by atoms with Gasteiger partial charge in [0, 0.05) is 16.7 Å². The van der Waals surface area contributed by atoms with Crippen LogP contribution in [0.2, 0.25) is 5.02 Å². The number of halogens is 1. The summed E-state index contributed by atoms with van der Waals surface area (Å²) >= 11 is 5.89. The summed E-state index contributed by atoms with van der Waals surface area (Å²) in [5.74, 6) is -0.0894. The number of aromatic nitrogens is 2. The third-order valence-electron chi connectivity index (χ3n) is 3.56. The number of hydrogen-bond donors (Lipinski definition) is 1. The van der Waals surface area contributed by atoms with Crippen LogP contribution in [0.15, 0.2) is 51.1 Å². The van der Waals surface area contributed by atoms with Gasteiger partial charge < -0.3 is 9.72 Å². The first-order valence-corrected chi connectivity index (χ1v) is 7.60. The van der Waals surface area contributed by atoms with Gasteiger partial charge in [-0.1, -0.05) is 23.7 Å². The van der Waals surface area contributed by atoms with Crippen molar-refractivity contribution in [3.8, 4) is 5.75 Å². The molecule has 0 bridgehead atoms. The fraction of sp³-hybridized carbons (Fsp3) is 0.0625. The van der Waals surface area contributed by atoms with E-state index >= 15 is 0 Å². The first kappa shape index (κ1) is 17.4. The summed E-state index contributed by atoms with van der Waals surface area (Å²) in [5.41, 5.74) is -1.21. The zero-order valence-corrected chi connectivity index (χ0v) is 14.1. The SMILES string of the molecule is COc1c(C=Nn2c(=O)[nH]c3ccccc3c2=O)cc(Cl)cc1[N+](=O)[O-]. The number of nitrogens with one attached hydrogen (secondary N) is 1. The lowest BCUT2D eigenvalue weighted by molar-refractivity contribution is -0.385. The van der Waals surface area contributed by atoms with Gasteiger partial charge in [0.05, 0.1) is 29.2 Å². The maximum absolute atomic E-state index is 12.4. The summed E-state index contributed by atoms with van der Waals surface area (Å²) in [7, 11) is 1.25. The molecule has 0 spiro atoms. The largest absolute Gasteiger partial charge is 0.490 e. The molecule has 0 aliphatic rings. The Morgan fingerprint density at radius 1 is 1.31 bits per heavy atom. The van der Waals surface area contributed by atoms with Crippen molar-refractivity contribution >= 4 is 34.4 Å². The lowest BCUT2D eigenvalue weighted by Crippen LogP contribution is -2.32. The highest BCUT2D eigenvalue weighted by Crippen LogP contribution is 2.33. The fourth-order valence-electron chi connectivity index (χ4n) is 2.43. The minimum absolute atomic E-state index is 0.0821. The average Bonchev–Trinajstić information content (AvgIpc) is 2.61. The van der Waals surface area contributed by atoms with E-state index in [1.165, 1.54) is 13.2 Å². The third kappa shape index (κ3) is 3.07. The summed E-state index contributed by atoms with van der Waals surface area (Å²) in [6.45, 7) is 0. The van der Waals surface area contributed by atoms with Gasteiger partial charge in [-0.25, -0.2) is 4.79 Å². The van der Waals surface area contributed by atoms with Crippen molar-refractivity contribution in [2.75, 3.05) is 7.11 Å². The van der Waals surface area contributed by atoms with Crippen LogP contribution in [0.25, 0.3) is 10.9 Å². The molecule has 0 unspecified atom stereocenters. The van der Waals surface area contributed by atoms with Crippen LogP contribution < -0.4 is 16.0 Å². The molecule has 0 amide bonds. The van der Waals surface area contributed by atoms with Crippen molar-refractivity contribution in [1.29, 1.82) is 0 Å². The molecular formula is C16H11ClN4O5. The Balaban J connectivity index is 2.18. The number of nitro benzene ring substituents is 1. The predicted molar refractivity (Wildman–Crippen MR) is 96.5 cm³/mol. The van der Waals surface area contributed by atoms with Gasteiger partial charge in [-0.3, -0.25) is 14.9 Å². The minimum Gasteiger partial charge on any atom is -0.490 e. The number of hydrogen-bond acceptors (Lipinski definition) is 6. The van der Waals surface area contributed by atoms with Crippen molar-refractivity contribution in [3.05, 3.63) is 77.9 Å². The van der Waals surface area contributed by atoms with E-state index in [-0.39, 0.29) is 27.4 Å². The summed E-state index contributed by atoms with van der Waals surface area (Å²) in [6, 6.07) is 8.98. The van der Waals surface area contributed by atoms with Gasteiger partial charge in [0.15, 0.2) is 0 Å². The molecule has 1 N–H and O–H groups in total. The molecule has 3 rings (SSSR count). The Labute approximate surface area is 150 Å². The van der Waals surface area contributed by atoms with Crippen molar-refractivity contribution in [3.63, 3.8) is 0 Å². The Bertz CT molecular complexity index is 1170. The lowest BCUT2D eigenvalue weighted by Gasteiger charge is -2.06. The normalized spacial score (nSPS) is 11.2. The van der Waals surface area contributed by atoms with E-state index in [1.807, 2.05) is 0 Å². The van der Waals surface area contributed by atoms with Crippen LogP contribution in [0.1, 0.15) is 5.56 Å². The molecule has 0 atom stereocenters. The van der Waals surface area contributed by atoms with Crippen LogP contribution >= 0.6 is 11.6 Å². The van der Waals surface area contributed by atoms with Crippen LogP contribution in [0.3, 0.4) is 0 Å². The molecule has 0 aliphatic heterocycles. The highest BCUT2D eigenvalue weighted by molar-refractivity contribution is 6.31. The Morgan fingerprint density at radius 2 is 2.04 bits per heavy atom. The van der Waals surface area contributed by atoms with Crippen molar-refractivity contribution in [2.45, 2.75) is 0 Å². The number of fused-ring (bicyclic) bond motifs is 1. The number of methoxy groups -OCH3 is 1. The van der Waals surface area contributed by atoms with E-state index < -0.39 is 16.2 Å². The summed E-state index contributed by atoms with van der Waals surface area (Å²) in [4.78, 5) is 37.5. The first-order chi connectivity index (χ1) is 12.4. The summed E-state index contributed by atoms with van der Waals surface area (Å²) < 4.78 is 5.67. The van der Waals surface area contributed by atoms with Gasteiger partial charge in [0.1, 0.15) is 0 Å². The second-order valence-electron chi connectivity index (χ2n) is 5.14. The standard InChI is InChI=1S/C16H11ClN4O5/c1-26-14-9(6-10(17)7-13(14)21(24)25)8-18-20-15(22)11-4-2-3-5-12(11)19-16(20)23/h2-8H,1H3,(H,19,23). The van der Waals surface area contributed by atoms with Crippen molar-refractivity contribution in [2.24, 2.45) is 5.10 Å². The molecule has 1 aromatic heterocycles. The quantitative estimate of drug-likeness (QED) is 0.426. The maximum Gasteiger partial charge on any atom is 0.349 e. The molecule has 1 heterocycles. The lowest BCUT2D eigenvalue weighted by atomic mass is 10.2. The second kappa shape index (κ2) is 6.81. The number of rotatable bonds is 4. The zero-order valence-electron chi connectivity index (χ0n) is 13.3. The number of nitro groups is 1. The van der Waals surface area contributed by atoms with Crippen LogP contribution in [0.5, 0.6) is 5.75 Å². The molecule has 0 radical (unpaired) electrons. The highest BCUT2D eigenvalue weighted by Gasteiger charge is 2.19. The van der Waals surface area contributed by atoms with Gasteiger partial charge in [-0.2, -0.15) is 5.10 Å². The van der Waals surface area contributed by atoms with Gasteiger partial charge in [-0.15, -0.1) is 4.68 Å². The number of benzene rings is 2. The number of para-hydroxylation sites is 1. The van der Waals surface area contributed by atoms with E-state index in [2.05, 4.69) is 10.1 Å². The van der Waals surface area contributed by atoms with Gasteiger partial charge in [0.25, 0.3) is 5.56 Å². The molecule has 3 aromatic rings. The smallest absolute Gasteiger partial charge is 0.349 e. The topological polar surface area (TPSA) is 120 Å². The predicted octanol–water partition coefficient (Wildman–Crippen LogP) is 2.14. The average molecular weight is 375 g/mol. The Hall–Kier alpha value is -3.46. The molecule has 10 heteroatoms. The van der Waals surface area contributed by atoms with Crippen LogP contribution in [0, 0.1) is 10.1 Å². The van der Waals surface area contributed by atoms with E-state index in [4.69, 9.17) is 16.3 Å². The number of nitrogens with zero attached hydrogens (tertiary/aromatic N) is 3. The van der Waals surface area contributed by atoms with Crippen LogP contribution in [0.4, 0.5) is 5.69 Å². The molecular weight excluding hydrogens is 364 g/mol. The zero-order chi connectivity index (χ0) is 18.8. The van der Waals surface area contributed by atoms with E-state index in [1.54, 1.807) is 24.3 Å². The number of aromatic amines is 1. The van der Waals surface area contributed by atoms with Crippen molar-refractivity contribution in [1.82, 2.24) is 9.66 Å². The second-order valence-corrected chi connectivity index (χ2v) is 5.58. The van der Waals surface area contributed by atoms with Gasteiger partial charge >= 0.3 is 11.4 Å². The maximum atomic E-state index is 12.4. The van der Waals surface area contributed by atoms with E-state index in [0.29, 0.717) is 10.2 Å². The number of H-pyrrole nitrogens is 1. The third-order valence-corrected chi connectivity index (χ3v) is 3.78.